The van der Waals surface area contributed by atoms with E-state index in [1.807, 2.05) is 31.2 Å². The highest BCUT2D eigenvalue weighted by atomic mass is 16.5. The summed E-state index contributed by atoms with van der Waals surface area (Å²) in [5.74, 6) is -1.66. The van der Waals surface area contributed by atoms with Crippen LogP contribution in [0.2, 0.25) is 0 Å². The molecule has 0 aliphatic carbocycles. The number of nitrogens with two attached hydrogens (primary N) is 1. The quantitative estimate of drug-likeness (QED) is 0.570. The second kappa shape index (κ2) is 9.25. The van der Waals surface area contributed by atoms with Crippen molar-refractivity contribution >= 4 is 23.5 Å². The number of aryl methyl sites for hydroxylation is 2. The lowest BCUT2D eigenvalue weighted by Gasteiger charge is -2.08. The van der Waals surface area contributed by atoms with Crippen LogP contribution in [0.4, 0.5) is 5.69 Å². The third kappa shape index (κ3) is 5.36. The molecule has 3 rings (SSSR count). The molecular formula is C23H24N4O4. The van der Waals surface area contributed by atoms with Crippen LogP contribution >= 0.6 is 0 Å². The summed E-state index contributed by atoms with van der Waals surface area (Å²) in [5, 5.41) is 7.04. The van der Waals surface area contributed by atoms with Crippen LogP contribution < -0.4 is 11.1 Å². The van der Waals surface area contributed by atoms with Gasteiger partial charge in [0.15, 0.2) is 6.61 Å². The first-order chi connectivity index (χ1) is 14.7. The summed E-state index contributed by atoms with van der Waals surface area (Å²) in [4.78, 5) is 35.8. The van der Waals surface area contributed by atoms with E-state index in [1.54, 1.807) is 30.7 Å². The maximum absolute atomic E-state index is 12.6. The Morgan fingerprint density at radius 2 is 1.65 bits per heavy atom. The van der Waals surface area contributed by atoms with Gasteiger partial charge in [-0.2, -0.15) is 5.10 Å². The molecule has 31 heavy (non-hydrogen) atoms. The minimum atomic E-state index is -0.607. The van der Waals surface area contributed by atoms with Crippen LogP contribution in [0.15, 0.2) is 48.5 Å². The number of hydrogen-bond donors (Lipinski definition) is 2. The van der Waals surface area contributed by atoms with Gasteiger partial charge in [-0.15, -0.1) is 0 Å². The van der Waals surface area contributed by atoms with E-state index < -0.39 is 24.4 Å². The first kappa shape index (κ1) is 21.8. The van der Waals surface area contributed by atoms with Gasteiger partial charge in [0, 0.05) is 11.3 Å². The van der Waals surface area contributed by atoms with Crippen molar-refractivity contribution in [2.24, 2.45) is 5.73 Å². The van der Waals surface area contributed by atoms with Gasteiger partial charge in [-0.05, 0) is 50.6 Å². The van der Waals surface area contributed by atoms with E-state index in [-0.39, 0.29) is 0 Å². The first-order valence-electron chi connectivity index (χ1n) is 9.71. The van der Waals surface area contributed by atoms with Crippen LogP contribution in [0.5, 0.6) is 0 Å². The van der Waals surface area contributed by atoms with Crippen molar-refractivity contribution in [3.05, 3.63) is 82.2 Å². The number of benzene rings is 2. The van der Waals surface area contributed by atoms with Crippen LogP contribution in [-0.2, 0) is 16.1 Å². The molecule has 2 aromatic carbocycles. The van der Waals surface area contributed by atoms with Gasteiger partial charge in [-0.3, -0.25) is 14.3 Å². The third-order valence-corrected chi connectivity index (χ3v) is 4.83. The third-order valence-electron chi connectivity index (χ3n) is 4.83. The van der Waals surface area contributed by atoms with Gasteiger partial charge in [0.05, 0.1) is 17.9 Å². The van der Waals surface area contributed by atoms with Crippen LogP contribution in [0.25, 0.3) is 0 Å². The van der Waals surface area contributed by atoms with E-state index in [4.69, 9.17) is 10.5 Å². The summed E-state index contributed by atoms with van der Waals surface area (Å²) >= 11 is 0. The van der Waals surface area contributed by atoms with E-state index in [9.17, 15) is 14.4 Å². The minimum absolute atomic E-state index is 0.332. The van der Waals surface area contributed by atoms with Gasteiger partial charge in [-0.1, -0.05) is 29.8 Å². The molecule has 0 bridgehead atoms. The van der Waals surface area contributed by atoms with E-state index in [0.29, 0.717) is 34.7 Å². The molecule has 0 aliphatic heterocycles. The number of nitrogens with zero attached hydrogens (tertiary/aromatic N) is 2. The number of anilines is 1. The van der Waals surface area contributed by atoms with Crippen molar-refractivity contribution in [2.75, 3.05) is 11.9 Å². The SMILES string of the molecule is Cc1ccc(Cn2nc(C)c(C(=O)OCC(=O)Nc3ccc(C(N)=O)cc3)c2C)cc1. The molecule has 8 nitrogen and oxygen atoms in total. The average Bonchev–Trinajstić information content (AvgIpc) is 3.01. The largest absolute Gasteiger partial charge is 0.452 e. The van der Waals surface area contributed by atoms with Gasteiger partial charge in [0.2, 0.25) is 5.91 Å². The van der Waals surface area contributed by atoms with Crippen molar-refractivity contribution in [1.82, 2.24) is 9.78 Å². The van der Waals surface area contributed by atoms with Crippen molar-refractivity contribution in [3.63, 3.8) is 0 Å². The fraction of sp³-hybridized carbons (Fsp3) is 0.217. The number of hydrogen-bond acceptors (Lipinski definition) is 5. The van der Waals surface area contributed by atoms with E-state index in [1.165, 1.54) is 17.7 Å². The van der Waals surface area contributed by atoms with E-state index in [2.05, 4.69) is 10.4 Å². The fourth-order valence-electron chi connectivity index (χ4n) is 3.13. The summed E-state index contributed by atoms with van der Waals surface area (Å²) in [6.07, 6.45) is 0. The molecule has 160 valence electrons. The second-order valence-corrected chi connectivity index (χ2v) is 7.25. The van der Waals surface area contributed by atoms with E-state index >= 15 is 0 Å². The number of nitrogens with one attached hydrogen (secondary N) is 1. The zero-order valence-electron chi connectivity index (χ0n) is 17.6. The predicted molar refractivity (Wildman–Crippen MR) is 116 cm³/mol. The Morgan fingerprint density at radius 3 is 2.26 bits per heavy atom. The van der Waals surface area contributed by atoms with E-state index in [0.717, 1.165) is 5.56 Å². The van der Waals surface area contributed by atoms with Crippen LogP contribution in [0.3, 0.4) is 0 Å². The van der Waals surface area contributed by atoms with Gasteiger partial charge in [0.25, 0.3) is 5.91 Å². The molecule has 8 heteroatoms. The summed E-state index contributed by atoms with van der Waals surface area (Å²) in [7, 11) is 0. The maximum Gasteiger partial charge on any atom is 0.342 e. The van der Waals surface area contributed by atoms with Crippen LogP contribution in [-0.4, -0.2) is 34.2 Å². The number of carbonyl (C=O) groups is 3. The normalized spacial score (nSPS) is 10.5. The summed E-state index contributed by atoms with van der Waals surface area (Å²) in [6.45, 7) is 5.63. The van der Waals surface area contributed by atoms with Crippen molar-refractivity contribution < 1.29 is 19.1 Å². The summed E-state index contributed by atoms with van der Waals surface area (Å²) in [6, 6.07) is 14.2. The lowest BCUT2D eigenvalue weighted by Crippen LogP contribution is -2.21. The standard InChI is InChI=1S/C23H24N4O4/c1-14-4-6-17(7-5-14)12-27-16(3)21(15(2)26-27)23(30)31-13-20(28)25-19-10-8-18(9-11-19)22(24)29/h4-11H,12-13H2,1-3H3,(H2,24,29)(H,25,28). The topological polar surface area (TPSA) is 116 Å². The zero-order valence-corrected chi connectivity index (χ0v) is 17.6. The van der Waals surface area contributed by atoms with Gasteiger partial charge >= 0.3 is 5.97 Å². The highest BCUT2D eigenvalue weighted by molar-refractivity contribution is 5.97. The Labute approximate surface area is 180 Å². The Balaban J connectivity index is 1.61. The Kier molecular flexibility index (Phi) is 6.49. The first-order valence-corrected chi connectivity index (χ1v) is 9.71. The molecular weight excluding hydrogens is 396 g/mol. The van der Waals surface area contributed by atoms with Crippen LogP contribution in [0.1, 0.15) is 43.2 Å². The number of rotatable bonds is 7. The molecule has 0 saturated heterocycles. The number of primary amides is 1. The number of amides is 2. The van der Waals surface area contributed by atoms with Crippen molar-refractivity contribution in [1.29, 1.82) is 0 Å². The molecule has 0 unspecified atom stereocenters. The molecule has 0 saturated carbocycles. The number of aromatic nitrogens is 2. The van der Waals surface area contributed by atoms with Crippen LogP contribution in [0, 0.1) is 20.8 Å². The Morgan fingerprint density at radius 1 is 1.00 bits per heavy atom. The van der Waals surface area contributed by atoms with Gasteiger partial charge in [-0.25, -0.2) is 4.79 Å². The Bertz CT molecular complexity index is 1120. The lowest BCUT2D eigenvalue weighted by molar-refractivity contribution is -0.119. The highest BCUT2D eigenvalue weighted by Crippen LogP contribution is 2.17. The maximum atomic E-state index is 12.6. The minimum Gasteiger partial charge on any atom is -0.452 e. The molecule has 0 radical (unpaired) electrons. The lowest BCUT2D eigenvalue weighted by atomic mass is 10.1. The molecule has 0 atom stereocenters. The molecule has 0 aliphatic rings. The average molecular weight is 420 g/mol. The molecule has 3 aromatic rings. The molecule has 1 aromatic heterocycles. The van der Waals surface area contributed by atoms with Crippen molar-refractivity contribution in [2.45, 2.75) is 27.3 Å². The molecule has 2 amide bonds. The molecule has 0 spiro atoms. The second-order valence-electron chi connectivity index (χ2n) is 7.25. The molecule has 3 N–H and O–H groups in total. The summed E-state index contributed by atoms with van der Waals surface area (Å²) < 4.78 is 6.93. The predicted octanol–water partition coefficient (Wildman–Crippen LogP) is 2.75. The molecule has 1 heterocycles. The van der Waals surface area contributed by atoms with Crippen molar-refractivity contribution in [3.8, 4) is 0 Å². The number of esters is 1. The highest BCUT2D eigenvalue weighted by Gasteiger charge is 2.21. The number of ether oxygens (including phenoxy) is 1. The Hall–Kier alpha value is -3.94. The number of carbonyl (C=O) groups excluding carboxylic acids is 3. The van der Waals surface area contributed by atoms with Gasteiger partial charge < -0.3 is 15.8 Å². The van der Waals surface area contributed by atoms with Gasteiger partial charge in [0.1, 0.15) is 5.56 Å². The zero-order chi connectivity index (χ0) is 22.5. The molecule has 0 fully saturated rings. The monoisotopic (exact) mass is 420 g/mol. The smallest absolute Gasteiger partial charge is 0.342 e. The fourth-order valence-corrected chi connectivity index (χ4v) is 3.13. The summed E-state index contributed by atoms with van der Waals surface area (Å²) in [5.41, 5.74) is 9.78.